The Labute approximate surface area is 110 Å². The van der Waals surface area contributed by atoms with Gasteiger partial charge in [0.2, 0.25) is 0 Å². The number of aliphatic carboxylic acids is 1. The topological polar surface area (TPSA) is 95.9 Å². The van der Waals surface area contributed by atoms with Crippen molar-refractivity contribution in [3.63, 3.8) is 0 Å². The van der Waals surface area contributed by atoms with Crippen LogP contribution < -0.4 is 10.1 Å². The summed E-state index contributed by atoms with van der Waals surface area (Å²) >= 11 is 0. The Morgan fingerprint density at radius 1 is 1.47 bits per heavy atom. The number of amides is 1. The molecule has 1 aromatic rings. The Hall–Kier alpha value is -2.08. The molecule has 0 aliphatic carbocycles. The van der Waals surface area contributed by atoms with Gasteiger partial charge in [-0.05, 0) is 24.1 Å². The third-order valence-corrected chi connectivity index (χ3v) is 2.91. The summed E-state index contributed by atoms with van der Waals surface area (Å²) in [6, 6.07) is 4.81. The first-order valence-corrected chi connectivity index (χ1v) is 6.02. The summed E-state index contributed by atoms with van der Waals surface area (Å²) in [7, 11) is 0. The van der Waals surface area contributed by atoms with Gasteiger partial charge in [-0.2, -0.15) is 0 Å². The summed E-state index contributed by atoms with van der Waals surface area (Å²) in [6.07, 6.45) is -0.921. The van der Waals surface area contributed by atoms with Crippen LogP contribution in [0.3, 0.4) is 0 Å². The van der Waals surface area contributed by atoms with E-state index in [-0.39, 0.29) is 18.7 Å². The van der Waals surface area contributed by atoms with Crippen LogP contribution in [0.15, 0.2) is 18.2 Å². The smallest absolute Gasteiger partial charge is 0.303 e. The summed E-state index contributed by atoms with van der Waals surface area (Å²) in [6.45, 7) is 0.837. The highest BCUT2D eigenvalue weighted by Gasteiger charge is 2.19. The molecule has 0 fully saturated rings. The molecule has 0 saturated heterocycles. The Kier molecular flexibility index (Phi) is 4.01. The molecule has 0 radical (unpaired) electrons. The lowest BCUT2D eigenvalue weighted by molar-refractivity contribution is -0.137. The maximum absolute atomic E-state index is 11.8. The molecule has 0 spiro atoms. The number of ether oxygens (including phenoxy) is 1. The molecule has 0 bridgehead atoms. The van der Waals surface area contributed by atoms with Crippen LogP contribution in [-0.2, 0) is 4.79 Å². The van der Waals surface area contributed by atoms with Crippen molar-refractivity contribution in [3.05, 3.63) is 29.3 Å². The van der Waals surface area contributed by atoms with Gasteiger partial charge in [0.1, 0.15) is 12.4 Å². The van der Waals surface area contributed by atoms with Gasteiger partial charge in [-0.3, -0.25) is 9.59 Å². The van der Waals surface area contributed by atoms with Gasteiger partial charge in [0.25, 0.3) is 5.91 Å². The van der Waals surface area contributed by atoms with Gasteiger partial charge in [0, 0.05) is 6.42 Å². The van der Waals surface area contributed by atoms with Crippen molar-refractivity contribution in [1.29, 1.82) is 0 Å². The summed E-state index contributed by atoms with van der Waals surface area (Å²) in [5.41, 5.74) is 0.880. The Bertz CT molecular complexity index is 500. The average molecular weight is 265 g/mol. The number of hydrogen-bond donors (Lipinski definition) is 3. The highest BCUT2D eigenvalue weighted by Crippen LogP contribution is 2.26. The first-order valence-electron chi connectivity index (χ1n) is 6.02. The zero-order valence-electron chi connectivity index (χ0n) is 10.3. The normalized spacial score (nSPS) is 15.7. The van der Waals surface area contributed by atoms with E-state index in [0.29, 0.717) is 30.0 Å². The molecule has 0 aromatic heterocycles. The number of hydrogen-bond acceptors (Lipinski definition) is 4. The highest BCUT2D eigenvalue weighted by atomic mass is 16.5. The van der Waals surface area contributed by atoms with Crippen molar-refractivity contribution in [2.75, 3.05) is 13.2 Å². The molecular weight excluding hydrogens is 250 g/mol. The second kappa shape index (κ2) is 5.71. The first kappa shape index (κ1) is 13.4. The van der Waals surface area contributed by atoms with E-state index in [4.69, 9.17) is 9.84 Å². The predicted molar refractivity (Wildman–Crippen MR) is 66.1 cm³/mol. The maximum atomic E-state index is 11.8. The van der Waals surface area contributed by atoms with E-state index in [1.807, 2.05) is 0 Å². The van der Waals surface area contributed by atoms with Crippen LogP contribution in [0.25, 0.3) is 0 Å². The van der Waals surface area contributed by atoms with Crippen LogP contribution in [-0.4, -0.2) is 35.2 Å². The molecule has 1 aliphatic rings. The molecule has 3 N–H and O–H groups in total. The minimum atomic E-state index is -0.963. The van der Waals surface area contributed by atoms with Crippen molar-refractivity contribution in [2.45, 2.75) is 18.9 Å². The van der Waals surface area contributed by atoms with Crippen molar-refractivity contribution in [2.24, 2.45) is 0 Å². The lowest BCUT2D eigenvalue weighted by atomic mass is 10.0. The molecule has 1 aliphatic heterocycles. The largest absolute Gasteiger partial charge is 0.491 e. The summed E-state index contributed by atoms with van der Waals surface area (Å²) < 4.78 is 5.39. The predicted octanol–water partition coefficient (Wildman–Crippen LogP) is 0.707. The molecule has 1 heterocycles. The van der Waals surface area contributed by atoms with Crippen LogP contribution in [0.1, 0.15) is 34.9 Å². The van der Waals surface area contributed by atoms with Gasteiger partial charge >= 0.3 is 5.97 Å². The van der Waals surface area contributed by atoms with Gasteiger partial charge in [-0.1, -0.05) is 6.07 Å². The second-order valence-corrected chi connectivity index (χ2v) is 4.31. The van der Waals surface area contributed by atoms with E-state index >= 15 is 0 Å². The number of carbonyl (C=O) groups excluding carboxylic acids is 1. The quantitative estimate of drug-likeness (QED) is 0.745. The van der Waals surface area contributed by atoms with Gasteiger partial charge in [0.15, 0.2) is 0 Å². The fourth-order valence-electron chi connectivity index (χ4n) is 1.91. The molecule has 6 heteroatoms. The lowest BCUT2D eigenvalue weighted by Crippen LogP contribution is -2.24. The van der Waals surface area contributed by atoms with Crippen LogP contribution >= 0.6 is 0 Å². The van der Waals surface area contributed by atoms with Crippen LogP contribution in [0.5, 0.6) is 5.75 Å². The molecule has 1 atom stereocenters. The summed E-state index contributed by atoms with van der Waals surface area (Å²) in [5.74, 6) is -0.737. The fourth-order valence-corrected chi connectivity index (χ4v) is 1.91. The minimum Gasteiger partial charge on any atom is -0.491 e. The highest BCUT2D eigenvalue weighted by molar-refractivity contribution is 5.97. The van der Waals surface area contributed by atoms with E-state index in [2.05, 4.69) is 5.32 Å². The van der Waals surface area contributed by atoms with Gasteiger partial charge in [0.05, 0.1) is 18.2 Å². The molecule has 0 saturated carbocycles. The Morgan fingerprint density at radius 3 is 3.00 bits per heavy atom. The van der Waals surface area contributed by atoms with Gasteiger partial charge in [-0.15, -0.1) is 0 Å². The number of carboxylic acid groups (broad SMARTS) is 1. The summed E-state index contributed by atoms with van der Waals surface area (Å²) in [4.78, 5) is 22.2. The van der Waals surface area contributed by atoms with Crippen LogP contribution in [0.2, 0.25) is 0 Å². The molecule has 1 aromatic carbocycles. The molecule has 2 rings (SSSR count). The van der Waals surface area contributed by atoms with Crippen molar-refractivity contribution >= 4 is 11.9 Å². The van der Waals surface area contributed by atoms with Gasteiger partial charge < -0.3 is 20.3 Å². The third-order valence-electron chi connectivity index (χ3n) is 2.91. The van der Waals surface area contributed by atoms with Crippen LogP contribution in [0.4, 0.5) is 0 Å². The van der Waals surface area contributed by atoms with Crippen molar-refractivity contribution in [3.8, 4) is 5.75 Å². The number of nitrogens with one attached hydrogen (secondary N) is 1. The number of aliphatic hydroxyl groups excluding tert-OH is 1. The molecule has 1 amide bonds. The Morgan fingerprint density at radius 2 is 2.26 bits per heavy atom. The number of carbonyl (C=O) groups is 2. The van der Waals surface area contributed by atoms with Crippen LogP contribution in [0, 0.1) is 0 Å². The zero-order valence-corrected chi connectivity index (χ0v) is 10.3. The van der Waals surface area contributed by atoms with E-state index in [1.165, 1.54) is 0 Å². The first-order chi connectivity index (χ1) is 9.08. The standard InChI is InChI=1S/C13H15NO5/c15-10(2-4-12(16)17)8-1-3-11-9(7-8)13(18)14-5-6-19-11/h1,3,7,10,15H,2,4-6H2,(H,14,18)(H,16,17). The molecule has 6 nitrogen and oxygen atoms in total. The van der Waals surface area contributed by atoms with Gasteiger partial charge in [-0.25, -0.2) is 0 Å². The van der Waals surface area contributed by atoms with E-state index in [9.17, 15) is 14.7 Å². The van der Waals surface area contributed by atoms with Crippen molar-refractivity contribution < 1.29 is 24.5 Å². The van der Waals surface area contributed by atoms with E-state index in [0.717, 1.165) is 0 Å². The molecule has 1 unspecified atom stereocenters. The molecule has 102 valence electrons. The second-order valence-electron chi connectivity index (χ2n) is 4.31. The SMILES string of the molecule is O=C(O)CCC(O)c1ccc2c(c1)C(=O)NCCO2. The minimum absolute atomic E-state index is 0.108. The Balaban J connectivity index is 2.19. The van der Waals surface area contributed by atoms with E-state index < -0.39 is 12.1 Å². The number of aliphatic hydroxyl groups is 1. The third kappa shape index (κ3) is 3.23. The summed E-state index contributed by atoms with van der Waals surface area (Å²) in [5, 5.41) is 21.2. The lowest BCUT2D eigenvalue weighted by Gasteiger charge is -2.12. The number of benzene rings is 1. The van der Waals surface area contributed by atoms with E-state index in [1.54, 1.807) is 18.2 Å². The zero-order chi connectivity index (χ0) is 13.8. The molecule has 19 heavy (non-hydrogen) atoms. The fraction of sp³-hybridized carbons (Fsp3) is 0.385. The maximum Gasteiger partial charge on any atom is 0.303 e. The monoisotopic (exact) mass is 265 g/mol. The number of carboxylic acids is 1. The number of rotatable bonds is 4. The number of fused-ring (bicyclic) bond motifs is 1. The molecular formula is C13H15NO5. The average Bonchev–Trinajstić information content (AvgIpc) is 2.58. The van der Waals surface area contributed by atoms with Crippen molar-refractivity contribution in [1.82, 2.24) is 5.32 Å².